The van der Waals surface area contributed by atoms with E-state index in [-0.39, 0.29) is 13.2 Å². The van der Waals surface area contributed by atoms with E-state index in [0.717, 1.165) is 18.4 Å². The van der Waals surface area contributed by atoms with Gasteiger partial charge >= 0.3 is 0 Å². The average molecular weight is 262 g/mol. The average Bonchev–Trinajstić information content (AvgIpc) is 2.40. The molecule has 0 fully saturated rings. The third kappa shape index (κ3) is 11.4. The summed E-state index contributed by atoms with van der Waals surface area (Å²) >= 11 is 0. The van der Waals surface area contributed by atoms with Crippen molar-refractivity contribution >= 4 is 0 Å². The van der Waals surface area contributed by atoms with Gasteiger partial charge in [-0.15, -0.1) is 0 Å². The van der Waals surface area contributed by atoms with Gasteiger partial charge in [-0.2, -0.15) is 0 Å². The minimum absolute atomic E-state index is 0.140. The Balaban J connectivity index is 0.000000356. The maximum atomic E-state index is 8.55. The Kier molecular flexibility index (Phi) is 10.8. The molecule has 0 unspecified atom stereocenters. The molecule has 0 saturated heterocycles. The van der Waals surface area contributed by atoms with Gasteiger partial charge < -0.3 is 10.2 Å². The zero-order chi connectivity index (χ0) is 14.5. The SMILES string of the molecule is CC(C)=CCC/C(C)=C/CO.OCc1ccccc1. The van der Waals surface area contributed by atoms with E-state index >= 15 is 0 Å². The van der Waals surface area contributed by atoms with Crippen LogP contribution in [0.25, 0.3) is 0 Å². The Bertz CT molecular complexity index is 374. The van der Waals surface area contributed by atoms with E-state index in [1.807, 2.05) is 36.4 Å². The summed E-state index contributed by atoms with van der Waals surface area (Å²) in [7, 11) is 0. The molecule has 0 amide bonds. The van der Waals surface area contributed by atoms with Gasteiger partial charge in [0, 0.05) is 0 Å². The lowest BCUT2D eigenvalue weighted by Crippen LogP contribution is -1.80. The Morgan fingerprint density at radius 3 is 2.05 bits per heavy atom. The fraction of sp³-hybridized carbons (Fsp3) is 0.412. The zero-order valence-corrected chi connectivity index (χ0v) is 12.3. The monoisotopic (exact) mass is 262 g/mol. The van der Waals surface area contributed by atoms with Crippen molar-refractivity contribution in [2.24, 2.45) is 0 Å². The highest BCUT2D eigenvalue weighted by Gasteiger charge is 1.86. The summed E-state index contributed by atoms with van der Waals surface area (Å²) in [5.74, 6) is 0. The minimum Gasteiger partial charge on any atom is -0.392 e. The first-order valence-corrected chi connectivity index (χ1v) is 6.64. The van der Waals surface area contributed by atoms with Crippen LogP contribution in [0.5, 0.6) is 0 Å². The molecule has 0 atom stereocenters. The third-order valence-electron chi connectivity index (χ3n) is 2.56. The molecule has 0 saturated carbocycles. The van der Waals surface area contributed by atoms with Crippen LogP contribution in [0.15, 0.2) is 53.6 Å². The van der Waals surface area contributed by atoms with Crippen molar-refractivity contribution in [1.29, 1.82) is 0 Å². The van der Waals surface area contributed by atoms with Crippen LogP contribution in [0.1, 0.15) is 39.2 Å². The van der Waals surface area contributed by atoms with Crippen LogP contribution in [0.3, 0.4) is 0 Å². The van der Waals surface area contributed by atoms with Gasteiger partial charge in [0.05, 0.1) is 13.2 Å². The molecule has 0 bridgehead atoms. The molecule has 0 spiro atoms. The van der Waals surface area contributed by atoms with Crippen LogP contribution in [0, 0.1) is 0 Å². The highest BCUT2D eigenvalue weighted by molar-refractivity contribution is 5.12. The molecule has 0 aliphatic rings. The molecular weight excluding hydrogens is 236 g/mol. The topological polar surface area (TPSA) is 40.5 Å². The first kappa shape index (κ1) is 17.6. The normalized spacial score (nSPS) is 10.5. The highest BCUT2D eigenvalue weighted by Crippen LogP contribution is 2.05. The molecule has 1 aromatic rings. The van der Waals surface area contributed by atoms with Gasteiger partial charge in [-0.05, 0) is 39.2 Å². The molecule has 0 radical (unpaired) electrons. The van der Waals surface area contributed by atoms with E-state index in [9.17, 15) is 0 Å². The lowest BCUT2D eigenvalue weighted by atomic mass is 10.1. The zero-order valence-electron chi connectivity index (χ0n) is 12.3. The Labute approximate surface area is 117 Å². The molecule has 19 heavy (non-hydrogen) atoms. The molecular formula is C17H26O2. The largest absolute Gasteiger partial charge is 0.392 e. The van der Waals surface area contributed by atoms with Crippen molar-refractivity contribution in [3.8, 4) is 0 Å². The summed E-state index contributed by atoms with van der Waals surface area (Å²) in [5.41, 5.74) is 3.60. The van der Waals surface area contributed by atoms with Crippen LogP contribution < -0.4 is 0 Å². The maximum absolute atomic E-state index is 8.55. The van der Waals surface area contributed by atoms with Crippen LogP contribution in [0.2, 0.25) is 0 Å². The highest BCUT2D eigenvalue weighted by atomic mass is 16.3. The van der Waals surface area contributed by atoms with Crippen LogP contribution >= 0.6 is 0 Å². The summed E-state index contributed by atoms with van der Waals surface area (Å²) in [5, 5.41) is 17.1. The van der Waals surface area contributed by atoms with Crippen molar-refractivity contribution in [3.63, 3.8) is 0 Å². The van der Waals surface area contributed by atoms with Gasteiger partial charge in [-0.25, -0.2) is 0 Å². The molecule has 106 valence electrons. The summed E-state index contributed by atoms with van der Waals surface area (Å²) in [4.78, 5) is 0. The summed E-state index contributed by atoms with van der Waals surface area (Å²) in [6.45, 7) is 6.56. The predicted molar refractivity (Wildman–Crippen MR) is 81.9 cm³/mol. The van der Waals surface area contributed by atoms with E-state index in [0.29, 0.717) is 0 Å². The fourth-order valence-electron chi connectivity index (χ4n) is 1.43. The minimum atomic E-state index is 0.140. The molecule has 1 rings (SSSR count). The molecule has 0 aliphatic carbocycles. The smallest absolute Gasteiger partial charge is 0.0681 e. The first-order chi connectivity index (χ1) is 9.10. The van der Waals surface area contributed by atoms with Crippen molar-refractivity contribution in [2.45, 2.75) is 40.2 Å². The third-order valence-corrected chi connectivity index (χ3v) is 2.56. The molecule has 2 N–H and O–H groups in total. The number of benzene rings is 1. The van der Waals surface area contributed by atoms with Crippen molar-refractivity contribution in [2.75, 3.05) is 6.61 Å². The Hall–Kier alpha value is -1.38. The standard InChI is InChI=1S/C10H18O.C7H8O/c1-9(2)5-4-6-10(3)7-8-11;8-6-7-4-2-1-3-5-7/h5,7,11H,4,6,8H2,1-3H3;1-5,8H,6H2/b10-7+;. The Morgan fingerprint density at radius 2 is 1.63 bits per heavy atom. The number of aliphatic hydroxyl groups is 2. The van der Waals surface area contributed by atoms with Gasteiger partial charge in [0.2, 0.25) is 0 Å². The van der Waals surface area contributed by atoms with Crippen molar-refractivity contribution < 1.29 is 10.2 Å². The number of hydrogen-bond acceptors (Lipinski definition) is 2. The second-order valence-corrected chi connectivity index (χ2v) is 4.70. The Morgan fingerprint density at radius 1 is 1.00 bits per heavy atom. The van der Waals surface area contributed by atoms with E-state index in [4.69, 9.17) is 10.2 Å². The van der Waals surface area contributed by atoms with Gasteiger partial charge in [0.25, 0.3) is 0 Å². The molecule has 2 heteroatoms. The van der Waals surface area contributed by atoms with Gasteiger partial charge in [-0.1, -0.05) is 53.6 Å². The fourth-order valence-corrected chi connectivity index (χ4v) is 1.43. The first-order valence-electron chi connectivity index (χ1n) is 6.64. The molecule has 0 aromatic heterocycles. The molecule has 0 heterocycles. The molecule has 1 aromatic carbocycles. The summed E-state index contributed by atoms with van der Waals surface area (Å²) in [6.07, 6.45) is 6.23. The number of allylic oxidation sites excluding steroid dienone is 3. The van der Waals surface area contributed by atoms with Crippen LogP contribution in [-0.2, 0) is 6.61 Å². The second kappa shape index (κ2) is 11.7. The lowest BCUT2D eigenvalue weighted by molar-refractivity contribution is 0.282. The van der Waals surface area contributed by atoms with Gasteiger partial charge in [-0.3, -0.25) is 0 Å². The summed E-state index contributed by atoms with van der Waals surface area (Å²) in [6, 6.07) is 9.52. The van der Waals surface area contributed by atoms with Crippen molar-refractivity contribution in [1.82, 2.24) is 0 Å². The second-order valence-electron chi connectivity index (χ2n) is 4.70. The number of hydrogen-bond donors (Lipinski definition) is 2. The van der Waals surface area contributed by atoms with Gasteiger partial charge in [0.15, 0.2) is 0 Å². The van der Waals surface area contributed by atoms with Crippen molar-refractivity contribution in [3.05, 3.63) is 59.2 Å². The van der Waals surface area contributed by atoms with E-state index in [1.54, 1.807) is 0 Å². The quantitative estimate of drug-likeness (QED) is 0.791. The number of aliphatic hydroxyl groups excluding tert-OH is 2. The van der Waals surface area contributed by atoms with E-state index < -0.39 is 0 Å². The van der Waals surface area contributed by atoms with Crippen LogP contribution in [0.4, 0.5) is 0 Å². The molecule has 0 aliphatic heterocycles. The molecule has 2 nitrogen and oxygen atoms in total. The predicted octanol–water partition coefficient (Wildman–Crippen LogP) is 3.85. The summed E-state index contributed by atoms with van der Waals surface area (Å²) < 4.78 is 0. The van der Waals surface area contributed by atoms with Crippen LogP contribution in [-0.4, -0.2) is 16.8 Å². The number of rotatable bonds is 5. The van der Waals surface area contributed by atoms with Gasteiger partial charge in [0.1, 0.15) is 0 Å². The van der Waals surface area contributed by atoms with E-state index in [1.165, 1.54) is 11.1 Å². The van der Waals surface area contributed by atoms with E-state index in [2.05, 4.69) is 26.8 Å². The maximum Gasteiger partial charge on any atom is 0.0681 e. The lowest BCUT2D eigenvalue weighted by Gasteiger charge is -1.96.